The van der Waals surface area contributed by atoms with Crippen LogP contribution in [0.1, 0.15) is 420 Å². The molecule has 82 heavy (non-hydrogen) atoms. The van der Waals surface area contributed by atoms with E-state index in [4.69, 9.17) is 18.8 Å². The SMILES string of the molecule is CCCCCCCCCCCCCC(=O)O.CCCCCCCCCCCCCC(=O)O.CCCCCCCCCCCCCC(=O)[O][In]([O]C(=O)CCCCCCCCCCCCC)[O]C(=O)CCCCCCCCCCCCC.[Zn]. The Morgan fingerprint density at radius 3 is 0.476 bits per heavy atom. The molecule has 0 saturated heterocycles. The zero-order chi connectivity index (χ0) is 60.0. The molecule has 0 spiro atoms. The third-order valence-corrected chi connectivity index (χ3v) is 19.5. The zero-order valence-corrected chi connectivity index (χ0v) is 61.6. The number of carboxylic acids is 2. The maximum atomic E-state index is 12.6. The van der Waals surface area contributed by atoms with Gasteiger partial charge in [-0.25, -0.2) is 0 Å². The summed E-state index contributed by atoms with van der Waals surface area (Å²) in [6.07, 6.45) is 69.5. The smallest absolute Gasteiger partial charge is 0.0654 e. The van der Waals surface area contributed by atoms with Crippen molar-refractivity contribution < 1.29 is 62.2 Å². The molecule has 0 aromatic carbocycles. The van der Waals surface area contributed by atoms with Crippen molar-refractivity contribution in [2.45, 2.75) is 420 Å². The average Bonchev–Trinajstić information content (AvgIpc) is 3.44. The van der Waals surface area contributed by atoms with Crippen LogP contribution < -0.4 is 0 Å². The molecule has 0 aliphatic heterocycles. The van der Waals surface area contributed by atoms with Crippen LogP contribution in [0.5, 0.6) is 0 Å². The summed E-state index contributed by atoms with van der Waals surface area (Å²) in [4.78, 5) is 58.4. The van der Waals surface area contributed by atoms with Crippen LogP contribution in [0.15, 0.2) is 0 Å². The molecule has 10 nitrogen and oxygen atoms in total. The van der Waals surface area contributed by atoms with Crippen LogP contribution in [0.25, 0.3) is 0 Å². The Balaban J connectivity index is -0.000000745. The minimum absolute atomic E-state index is 0. The summed E-state index contributed by atoms with van der Waals surface area (Å²) in [7, 11) is 0. The van der Waals surface area contributed by atoms with Crippen molar-refractivity contribution in [3.63, 3.8) is 0 Å². The van der Waals surface area contributed by atoms with Crippen LogP contribution in [-0.4, -0.2) is 62.8 Å². The van der Waals surface area contributed by atoms with Crippen LogP contribution in [-0.2, 0) is 52.0 Å². The molecule has 0 radical (unpaired) electrons. The molecule has 482 valence electrons. The van der Waals surface area contributed by atoms with Crippen LogP contribution in [0, 0.1) is 0 Å². The molecule has 0 bridgehead atoms. The van der Waals surface area contributed by atoms with Gasteiger partial charge in [0.05, 0.1) is 0 Å². The number of carbonyl (C=O) groups is 5. The molecule has 0 aromatic heterocycles. The Morgan fingerprint density at radius 2 is 0.341 bits per heavy atom. The molecule has 12 heteroatoms. The van der Waals surface area contributed by atoms with Crippen LogP contribution in [0.2, 0.25) is 0 Å². The summed E-state index contributed by atoms with van der Waals surface area (Å²) < 4.78 is 16.7. The summed E-state index contributed by atoms with van der Waals surface area (Å²) in [5, 5.41) is 16.9. The first-order valence-corrected chi connectivity index (χ1v) is 39.6. The van der Waals surface area contributed by atoms with Crippen molar-refractivity contribution >= 4 is 52.6 Å². The summed E-state index contributed by atoms with van der Waals surface area (Å²) >= 11 is -4.05. The van der Waals surface area contributed by atoms with Gasteiger partial charge in [-0.15, -0.1) is 0 Å². The minimum atomic E-state index is -4.05. The van der Waals surface area contributed by atoms with E-state index in [2.05, 4.69) is 34.6 Å². The van der Waals surface area contributed by atoms with Gasteiger partial charge in [-0.3, -0.25) is 9.59 Å². The van der Waals surface area contributed by atoms with Gasteiger partial charge in [0, 0.05) is 32.3 Å². The van der Waals surface area contributed by atoms with Crippen molar-refractivity contribution in [3.8, 4) is 0 Å². The second-order valence-electron chi connectivity index (χ2n) is 24.0. The fraction of sp³-hybridized carbons (Fsp3) is 0.929. The van der Waals surface area contributed by atoms with E-state index in [0.29, 0.717) is 12.8 Å². The average molecular weight is 1320 g/mol. The van der Waals surface area contributed by atoms with Gasteiger partial charge in [0.2, 0.25) is 0 Å². The molecule has 0 heterocycles. The van der Waals surface area contributed by atoms with E-state index < -0.39 is 34.7 Å². The van der Waals surface area contributed by atoms with Gasteiger partial charge in [0.15, 0.2) is 0 Å². The Kier molecular flexibility index (Phi) is 82.9. The molecule has 0 rings (SSSR count). The third-order valence-electron chi connectivity index (χ3n) is 15.6. The monoisotopic (exact) mass is 1320 g/mol. The number of unbranched alkanes of at least 4 members (excludes halogenated alkanes) is 50. The molecule has 0 unspecified atom stereocenters. The van der Waals surface area contributed by atoms with Crippen LogP contribution in [0.3, 0.4) is 0 Å². The predicted octanol–water partition coefficient (Wildman–Crippen LogP) is 23.2. The standard InChI is InChI=1S/5C14H28O2.In.Zn/c5*1-2-3-4-5-6-7-8-9-10-11-12-13-14(15)16;;/h5*2-13H2,1H3,(H,15,16);;/q;;;;;+3;/p-3. The fourth-order valence-corrected chi connectivity index (χ4v) is 13.5. The van der Waals surface area contributed by atoms with Gasteiger partial charge >= 0.3 is 268 Å². The number of hydrogen-bond acceptors (Lipinski definition) is 8. The van der Waals surface area contributed by atoms with Crippen molar-refractivity contribution in [2.24, 2.45) is 0 Å². The summed E-state index contributed by atoms with van der Waals surface area (Å²) in [5.41, 5.74) is 0. The van der Waals surface area contributed by atoms with E-state index in [1.807, 2.05) is 0 Å². The van der Waals surface area contributed by atoms with Crippen molar-refractivity contribution in [1.29, 1.82) is 0 Å². The van der Waals surface area contributed by atoms with Gasteiger partial charge in [0.1, 0.15) is 0 Å². The number of carbonyl (C=O) groups excluding carboxylic acids is 3. The number of carboxylic acid groups (broad SMARTS) is 2. The number of aliphatic carboxylic acids is 2. The molecule has 0 amide bonds. The van der Waals surface area contributed by atoms with Crippen LogP contribution >= 0.6 is 0 Å². The Morgan fingerprint density at radius 1 is 0.220 bits per heavy atom. The minimum Gasteiger partial charge on any atom is -0.0654 e. The second-order valence-corrected chi connectivity index (χ2v) is 27.6. The Bertz CT molecular complexity index is 1170. The van der Waals surface area contributed by atoms with E-state index in [-0.39, 0.29) is 56.6 Å². The van der Waals surface area contributed by atoms with Gasteiger partial charge in [-0.2, -0.15) is 0 Å². The topological polar surface area (TPSA) is 153 Å². The first-order valence-electron chi connectivity index (χ1n) is 35.6. The van der Waals surface area contributed by atoms with Crippen molar-refractivity contribution in [2.75, 3.05) is 0 Å². The predicted molar refractivity (Wildman–Crippen MR) is 345 cm³/mol. The quantitative estimate of drug-likeness (QED) is 0.0444. The maximum absolute atomic E-state index is 12.6. The molecule has 0 atom stereocenters. The van der Waals surface area contributed by atoms with Crippen LogP contribution in [0.4, 0.5) is 0 Å². The normalized spacial score (nSPS) is 10.7. The second kappa shape index (κ2) is 77.9. The van der Waals surface area contributed by atoms with E-state index in [1.54, 1.807) is 0 Å². The Labute approximate surface area is 531 Å². The molecule has 0 saturated carbocycles. The first-order chi connectivity index (χ1) is 39.6. The Hall–Kier alpha value is -1.16. The van der Waals surface area contributed by atoms with E-state index >= 15 is 0 Å². The molecule has 0 fully saturated rings. The zero-order valence-electron chi connectivity index (χ0n) is 55.4. The number of hydrogen-bond donors (Lipinski definition) is 2. The van der Waals surface area contributed by atoms with Gasteiger partial charge in [-0.1, -0.05) is 202 Å². The molecule has 0 aliphatic rings. The third kappa shape index (κ3) is 83.1. The molecular weight excluding hydrogens is 1180 g/mol. The summed E-state index contributed by atoms with van der Waals surface area (Å²) in [6, 6.07) is 0. The molecule has 2 N–H and O–H groups in total. The molecule has 0 aliphatic carbocycles. The van der Waals surface area contributed by atoms with Gasteiger partial charge in [-0.05, 0) is 12.8 Å². The first kappa shape index (κ1) is 87.3. The summed E-state index contributed by atoms with van der Waals surface area (Å²) in [6.45, 7) is 11.2. The molecule has 0 aromatic rings. The van der Waals surface area contributed by atoms with E-state index in [1.165, 1.54) is 270 Å². The van der Waals surface area contributed by atoms with Gasteiger partial charge in [0.25, 0.3) is 0 Å². The number of rotatable bonds is 63. The van der Waals surface area contributed by atoms with Gasteiger partial charge < -0.3 is 10.2 Å². The van der Waals surface area contributed by atoms with E-state index in [9.17, 15) is 24.0 Å². The fourth-order valence-electron chi connectivity index (χ4n) is 10.3. The van der Waals surface area contributed by atoms with Crippen molar-refractivity contribution in [3.05, 3.63) is 0 Å². The van der Waals surface area contributed by atoms with Crippen molar-refractivity contribution in [1.82, 2.24) is 0 Å². The summed E-state index contributed by atoms with van der Waals surface area (Å²) in [5.74, 6) is -2.48. The molecular formula is C70H137InO10Zn. The van der Waals surface area contributed by atoms with E-state index in [0.717, 1.165) is 83.5 Å².